The summed E-state index contributed by atoms with van der Waals surface area (Å²) in [6, 6.07) is 8.53. The standard InChI is InChI=1S/C15H11ClN4O3/c1-22-15(21)12-6-10(2-4-13(12)16)14-5-3-11(23-14)7-19-20-8-17-18-9-20/h2-9H,1H3/b19-7-. The number of nitrogens with zero attached hydrogens (tertiary/aromatic N) is 4. The van der Waals surface area contributed by atoms with E-state index in [1.54, 1.807) is 30.3 Å². The summed E-state index contributed by atoms with van der Waals surface area (Å²) in [5.74, 6) is 0.623. The second-order valence-electron chi connectivity index (χ2n) is 4.47. The third-order valence-electron chi connectivity index (χ3n) is 3.01. The largest absolute Gasteiger partial charge is 0.465 e. The molecule has 0 atom stereocenters. The van der Waals surface area contributed by atoms with E-state index < -0.39 is 5.97 Å². The van der Waals surface area contributed by atoms with Crippen molar-refractivity contribution in [1.82, 2.24) is 14.9 Å². The van der Waals surface area contributed by atoms with E-state index >= 15 is 0 Å². The van der Waals surface area contributed by atoms with Crippen LogP contribution in [0.3, 0.4) is 0 Å². The maximum absolute atomic E-state index is 11.7. The number of carbonyl (C=O) groups is 1. The first kappa shape index (κ1) is 15.0. The highest BCUT2D eigenvalue weighted by molar-refractivity contribution is 6.33. The lowest BCUT2D eigenvalue weighted by Gasteiger charge is -2.04. The molecule has 0 spiro atoms. The molecular weight excluding hydrogens is 320 g/mol. The maximum atomic E-state index is 11.7. The molecule has 0 unspecified atom stereocenters. The Kier molecular flexibility index (Phi) is 4.20. The highest BCUT2D eigenvalue weighted by atomic mass is 35.5. The number of carbonyl (C=O) groups excluding carboxylic acids is 1. The smallest absolute Gasteiger partial charge is 0.339 e. The summed E-state index contributed by atoms with van der Waals surface area (Å²) in [6.07, 6.45) is 4.45. The van der Waals surface area contributed by atoms with Gasteiger partial charge in [0.1, 0.15) is 24.2 Å². The summed E-state index contributed by atoms with van der Waals surface area (Å²) < 4.78 is 11.8. The fourth-order valence-corrected chi connectivity index (χ4v) is 2.10. The maximum Gasteiger partial charge on any atom is 0.339 e. The average molecular weight is 331 g/mol. The molecule has 2 heterocycles. The minimum absolute atomic E-state index is 0.280. The van der Waals surface area contributed by atoms with Crippen LogP contribution in [0.5, 0.6) is 0 Å². The number of rotatable bonds is 4. The van der Waals surface area contributed by atoms with Crippen LogP contribution in [-0.2, 0) is 4.74 Å². The van der Waals surface area contributed by atoms with Crippen LogP contribution in [0, 0.1) is 0 Å². The highest BCUT2D eigenvalue weighted by Crippen LogP contribution is 2.27. The van der Waals surface area contributed by atoms with E-state index in [4.69, 9.17) is 20.8 Å². The first-order chi connectivity index (χ1) is 11.2. The van der Waals surface area contributed by atoms with Crippen LogP contribution < -0.4 is 0 Å². The Morgan fingerprint density at radius 1 is 1.30 bits per heavy atom. The zero-order valence-corrected chi connectivity index (χ0v) is 12.8. The first-order valence-electron chi connectivity index (χ1n) is 6.54. The molecule has 8 heteroatoms. The minimum Gasteiger partial charge on any atom is -0.465 e. The number of furan rings is 1. The van der Waals surface area contributed by atoms with Crippen molar-refractivity contribution < 1.29 is 13.9 Å². The monoisotopic (exact) mass is 330 g/mol. The van der Waals surface area contributed by atoms with Gasteiger partial charge in [-0.25, -0.2) is 9.47 Å². The summed E-state index contributed by atoms with van der Waals surface area (Å²) in [7, 11) is 1.30. The van der Waals surface area contributed by atoms with Crippen molar-refractivity contribution in [3.05, 3.63) is 59.3 Å². The lowest BCUT2D eigenvalue weighted by molar-refractivity contribution is 0.0601. The number of benzene rings is 1. The van der Waals surface area contributed by atoms with E-state index in [1.807, 2.05) is 0 Å². The topological polar surface area (TPSA) is 82.5 Å². The Morgan fingerprint density at radius 2 is 2.09 bits per heavy atom. The number of ether oxygens (including phenoxy) is 1. The SMILES string of the molecule is COC(=O)c1cc(-c2ccc(/C=N\n3cnnc3)o2)ccc1Cl. The third kappa shape index (κ3) is 3.29. The molecule has 3 rings (SSSR count). The summed E-state index contributed by atoms with van der Waals surface area (Å²) in [4.78, 5) is 11.7. The quantitative estimate of drug-likeness (QED) is 0.542. The Labute approximate surface area is 136 Å². The molecule has 0 aliphatic heterocycles. The number of hydrogen-bond donors (Lipinski definition) is 0. The molecular formula is C15H11ClN4O3. The van der Waals surface area contributed by atoms with Crippen molar-refractivity contribution in [2.45, 2.75) is 0 Å². The van der Waals surface area contributed by atoms with Crippen LogP contribution in [0.1, 0.15) is 16.1 Å². The van der Waals surface area contributed by atoms with Crippen LogP contribution in [0.15, 0.2) is 52.5 Å². The molecule has 0 saturated carbocycles. The van der Waals surface area contributed by atoms with Crippen molar-refractivity contribution in [2.24, 2.45) is 5.10 Å². The highest BCUT2D eigenvalue weighted by Gasteiger charge is 2.13. The Hall–Kier alpha value is -2.93. The number of halogens is 1. The van der Waals surface area contributed by atoms with Crippen molar-refractivity contribution in [2.75, 3.05) is 7.11 Å². The lowest BCUT2D eigenvalue weighted by atomic mass is 10.1. The fourth-order valence-electron chi connectivity index (χ4n) is 1.90. The number of methoxy groups -OCH3 is 1. The molecule has 0 N–H and O–H groups in total. The van der Waals surface area contributed by atoms with Crippen molar-refractivity contribution in [3.63, 3.8) is 0 Å². The third-order valence-corrected chi connectivity index (χ3v) is 3.34. The van der Waals surface area contributed by atoms with Gasteiger partial charge in [-0.3, -0.25) is 0 Å². The molecule has 0 saturated heterocycles. The molecule has 0 fully saturated rings. The number of esters is 1. The Bertz CT molecular complexity index is 855. The van der Waals surface area contributed by atoms with Gasteiger partial charge in [-0.05, 0) is 30.3 Å². The second kappa shape index (κ2) is 6.45. The zero-order valence-electron chi connectivity index (χ0n) is 12.0. The van der Waals surface area contributed by atoms with Crippen molar-refractivity contribution >= 4 is 23.8 Å². The molecule has 2 aromatic heterocycles. The van der Waals surface area contributed by atoms with Gasteiger partial charge in [0.05, 0.1) is 23.9 Å². The summed E-state index contributed by atoms with van der Waals surface area (Å²) >= 11 is 6.00. The normalized spacial score (nSPS) is 11.0. The molecule has 0 bridgehead atoms. The van der Waals surface area contributed by atoms with Gasteiger partial charge < -0.3 is 9.15 Å². The van der Waals surface area contributed by atoms with Crippen LogP contribution in [0.2, 0.25) is 5.02 Å². The molecule has 0 aliphatic carbocycles. The van der Waals surface area contributed by atoms with E-state index in [0.717, 1.165) is 0 Å². The van der Waals surface area contributed by atoms with Gasteiger partial charge >= 0.3 is 5.97 Å². The molecule has 23 heavy (non-hydrogen) atoms. The van der Waals surface area contributed by atoms with Crippen molar-refractivity contribution in [3.8, 4) is 11.3 Å². The van der Waals surface area contributed by atoms with Gasteiger partial charge in [0.15, 0.2) is 0 Å². The molecule has 1 aromatic carbocycles. The number of aromatic nitrogens is 3. The Morgan fingerprint density at radius 3 is 2.83 bits per heavy atom. The van der Waals surface area contributed by atoms with Gasteiger partial charge in [-0.1, -0.05) is 11.6 Å². The molecule has 0 radical (unpaired) electrons. The molecule has 3 aromatic rings. The van der Waals surface area contributed by atoms with E-state index in [9.17, 15) is 4.79 Å². The summed E-state index contributed by atoms with van der Waals surface area (Å²) in [5.41, 5.74) is 0.988. The van der Waals surface area contributed by atoms with Gasteiger partial charge in [0.25, 0.3) is 0 Å². The van der Waals surface area contributed by atoms with E-state index in [0.29, 0.717) is 22.1 Å². The van der Waals surface area contributed by atoms with Gasteiger partial charge in [-0.2, -0.15) is 5.10 Å². The van der Waals surface area contributed by atoms with Crippen LogP contribution >= 0.6 is 11.6 Å². The fraction of sp³-hybridized carbons (Fsp3) is 0.0667. The second-order valence-corrected chi connectivity index (χ2v) is 4.88. The van der Waals surface area contributed by atoms with E-state index in [2.05, 4.69) is 15.3 Å². The first-order valence-corrected chi connectivity index (χ1v) is 6.92. The summed E-state index contributed by atoms with van der Waals surface area (Å²) in [6.45, 7) is 0. The lowest BCUT2D eigenvalue weighted by Crippen LogP contribution is -2.02. The van der Waals surface area contributed by atoms with Gasteiger partial charge in [-0.15, -0.1) is 10.2 Å². The average Bonchev–Trinajstić information content (AvgIpc) is 3.24. The van der Waals surface area contributed by atoms with Crippen LogP contribution in [0.25, 0.3) is 11.3 Å². The Balaban J connectivity index is 1.87. The van der Waals surface area contributed by atoms with E-state index in [-0.39, 0.29) is 5.56 Å². The molecule has 116 valence electrons. The van der Waals surface area contributed by atoms with Gasteiger partial charge in [0, 0.05) is 5.56 Å². The number of hydrogen-bond acceptors (Lipinski definition) is 6. The molecule has 0 amide bonds. The van der Waals surface area contributed by atoms with Crippen molar-refractivity contribution in [1.29, 1.82) is 0 Å². The molecule has 0 aliphatic rings. The predicted octanol–water partition coefficient (Wildman–Crippen LogP) is 2.86. The zero-order chi connectivity index (χ0) is 16.2. The van der Waals surface area contributed by atoms with Crippen LogP contribution in [0.4, 0.5) is 0 Å². The van der Waals surface area contributed by atoms with Gasteiger partial charge in [0.2, 0.25) is 0 Å². The summed E-state index contributed by atoms with van der Waals surface area (Å²) in [5, 5.41) is 11.7. The minimum atomic E-state index is -0.502. The molecule has 7 nitrogen and oxygen atoms in total. The van der Waals surface area contributed by atoms with Crippen LogP contribution in [-0.4, -0.2) is 34.2 Å². The predicted molar refractivity (Wildman–Crippen MR) is 83.5 cm³/mol. The van der Waals surface area contributed by atoms with E-state index in [1.165, 1.54) is 30.7 Å².